The monoisotopic (exact) mass is 265 g/mol. The number of nitrogens with two attached hydrogens (primary N) is 1. The number of anilines is 1. The molecule has 1 aromatic heterocycles. The Balaban J connectivity index is 1.95. The van der Waals surface area contributed by atoms with Gasteiger partial charge in [-0.05, 0) is 22.2 Å². The van der Waals surface area contributed by atoms with Crippen molar-refractivity contribution in [3.05, 3.63) is 12.1 Å². The van der Waals surface area contributed by atoms with Gasteiger partial charge < -0.3 is 15.2 Å². The fraction of sp³-hybridized carbons (Fsp3) is 0.300. The van der Waals surface area contributed by atoms with Crippen molar-refractivity contribution in [1.82, 2.24) is 20.2 Å². The summed E-state index contributed by atoms with van der Waals surface area (Å²) >= 11 is 1.39. The first-order valence-electron chi connectivity index (χ1n) is 5.33. The summed E-state index contributed by atoms with van der Waals surface area (Å²) < 4.78 is 12.6. The minimum Gasteiger partial charge on any atom is -0.486 e. The van der Waals surface area contributed by atoms with E-state index in [2.05, 4.69) is 15.5 Å². The third kappa shape index (κ3) is 1.94. The van der Waals surface area contributed by atoms with Crippen molar-refractivity contribution in [2.45, 2.75) is 10.1 Å². The molecule has 0 radical (unpaired) electrons. The van der Waals surface area contributed by atoms with E-state index in [1.807, 2.05) is 6.07 Å². The largest absolute Gasteiger partial charge is 0.486 e. The normalized spacial score (nSPS) is 13.6. The van der Waals surface area contributed by atoms with Gasteiger partial charge in [0.2, 0.25) is 5.16 Å². The van der Waals surface area contributed by atoms with Crippen molar-refractivity contribution in [3.63, 3.8) is 0 Å². The maximum Gasteiger partial charge on any atom is 0.213 e. The molecule has 0 atom stereocenters. The Morgan fingerprint density at radius 1 is 1.28 bits per heavy atom. The number of benzene rings is 1. The fourth-order valence-corrected chi connectivity index (χ4v) is 2.37. The van der Waals surface area contributed by atoms with Gasteiger partial charge >= 0.3 is 0 Å². The zero-order valence-corrected chi connectivity index (χ0v) is 10.5. The summed E-state index contributed by atoms with van der Waals surface area (Å²) in [5, 5.41) is 11.9. The van der Waals surface area contributed by atoms with E-state index in [-0.39, 0.29) is 0 Å². The topological polar surface area (TPSA) is 88.1 Å². The third-order valence-corrected chi connectivity index (χ3v) is 3.56. The zero-order valence-electron chi connectivity index (χ0n) is 9.66. The minimum absolute atomic E-state index is 0.548. The van der Waals surface area contributed by atoms with E-state index < -0.39 is 0 Å². The number of fused-ring (bicyclic) bond motifs is 1. The van der Waals surface area contributed by atoms with Crippen LogP contribution in [0.5, 0.6) is 11.5 Å². The van der Waals surface area contributed by atoms with Crippen molar-refractivity contribution in [2.24, 2.45) is 7.05 Å². The summed E-state index contributed by atoms with van der Waals surface area (Å²) in [7, 11) is 1.77. The van der Waals surface area contributed by atoms with E-state index >= 15 is 0 Å². The Kier molecular flexibility index (Phi) is 2.71. The number of hydrogen-bond donors (Lipinski definition) is 1. The minimum atomic E-state index is 0.548. The van der Waals surface area contributed by atoms with Crippen LogP contribution >= 0.6 is 11.8 Å². The Morgan fingerprint density at radius 3 is 2.67 bits per heavy atom. The van der Waals surface area contributed by atoms with Gasteiger partial charge in [0.15, 0.2) is 11.5 Å². The average Bonchev–Trinajstić information content (AvgIpc) is 2.76. The molecule has 18 heavy (non-hydrogen) atoms. The molecule has 1 aliphatic rings. The van der Waals surface area contributed by atoms with Crippen molar-refractivity contribution in [3.8, 4) is 11.5 Å². The van der Waals surface area contributed by atoms with Gasteiger partial charge in [0.1, 0.15) is 13.2 Å². The maximum atomic E-state index is 5.98. The highest BCUT2D eigenvalue weighted by atomic mass is 32.2. The van der Waals surface area contributed by atoms with E-state index in [0.29, 0.717) is 35.6 Å². The third-order valence-electron chi connectivity index (χ3n) is 2.46. The quantitative estimate of drug-likeness (QED) is 0.800. The molecular weight excluding hydrogens is 254 g/mol. The number of aromatic nitrogens is 4. The second-order valence-electron chi connectivity index (χ2n) is 3.72. The second-order valence-corrected chi connectivity index (χ2v) is 4.73. The van der Waals surface area contributed by atoms with Crippen LogP contribution in [0.25, 0.3) is 0 Å². The maximum absolute atomic E-state index is 5.98. The molecule has 0 bridgehead atoms. The molecule has 7 nitrogen and oxygen atoms in total. The molecule has 0 unspecified atom stereocenters. The van der Waals surface area contributed by atoms with Crippen molar-refractivity contribution in [1.29, 1.82) is 0 Å². The van der Waals surface area contributed by atoms with Gasteiger partial charge in [-0.2, -0.15) is 0 Å². The predicted octanol–water partition coefficient (Wildman–Crippen LogP) is 0.715. The molecule has 2 N–H and O–H groups in total. The molecule has 3 rings (SSSR count). The van der Waals surface area contributed by atoms with Crippen LogP contribution in [0.1, 0.15) is 0 Å². The van der Waals surface area contributed by atoms with Crippen molar-refractivity contribution < 1.29 is 9.47 Å². The SMILES string of the molecule is Cn1nnnc1Sc1cc2c(cc1N)OCCO2. The first-order chi connectivity index (χ1) is 8.74. The number of tetrazole rings is 1. The number of aryl methyl sites for hydroxylation is 1. The van der Waals surface area contributed by atoms with E-state index in [4.69, 9.17) is 15.2 Å². The summed E-state index contributed by atoms with van der Waals surface area (Å²) in [5.74, 6) is 1.38. The van der Waals surface area contributed by atoms with Crippen LogP contribution in [0.15, 0.2) is 22.2 Å². The molecule has 8 heteroatoms. The molecule has 0 spiro atoms. The first-order valence-corrected chi connectivity index (χ1v) is 6.15. The van der Waals surface area contributed by atoms with Crippen molar-refractivity contribution in [2.75, 3.05) is 18.9 Å². The van der Waals surface area contributed by atoms with Gasteiger partial charge in [0, 0.05) is 29.8 Å². The van der Waals surface area contributed by atoms with E-state index in [1.54, 1.807) is 17.8 Å². The summed E-state index contributed by atoms with van der Waals surface area (Å²) in [5.41, 5.74) is 6.59. The molecule has 1 aliphatic heterocycles. The van der Waals surface area contributed by atoms with E-state index in [0.717, 1.165) is 4.90 Å². The van der Waals surface area contributed by atoms with Crippen LogP contribution < -0.4 is 15.2 Å². The number of hydrogen-bond acceptors (Lipinski definition) is 7. The number of nitrogens with zero attached hydrogens (tertiary/aromatic N) is 4. The summed E-state index contributed by atoms with van der Waals surface area (Å²) in [4.78, 5) is 0.845. The molecule has 0 fully saturated rings. The summed E-state index contributed by atoms with van der Waals surface area (Å²) in [6.07, 6.45) is 0. The van der Waals surface area contributed by atoms with Gasteiger partial charge in [0.05, 0.1) is 0 Å². The lowest BCUT2D eigenvalue weighted by atomic mass is 10.2. The van der Waals surface area contributed by atoms with E-state index in [9.17, 15) is 0 Å². The number of ether oxygens (including phenoxy) is 2. The second kappa shape index (κ2) is 4.37. The number of rotatable bonds is 2. The van der Waals surface area contributed by atoms with Gasteiger partial charge in [0.25, 0.3) is 0 Å². The first kappa shape index (κ1) is 11.1. The lowest BCUT2D eigenvalue weighted by Gasteiger charge is -2.19. The lowest BCUT2D eigenvalue weighted by molar-refractivity contribution is 0.171. The van der Waals surface area contributed by atoms with E-state index in [1.165, 1.54) is 11.8 Å². The highest BCUT2D eigenvalue weighted by Gasteiger charge is 2.16. The van der Waals surface area contributed by atoms with Gasteiger partial charge in [-0.1, -0.05) is 0 Å². The lowest BCUT2D eigenvalue weighted by Crippen LogP contribution is -2.15. The summed E-state index contributed by atoms with van der Waals surface area (Å²) in [6, 6.07) is 3.61. The zero-order chi connectivity index (χ0) is 12.5. The summed E-state index contributed by atoms with van der Waals surface area (Å²) in [6.45, 7) is 1.10. The van der Waals surface area contributed by atoms with Crippen LogP contribution in [0, 0.1) is 0 Å². The van der Waals surface area contributed by atoms with Crippen LogP contribution in [-0.4, -0.2) is 33.4 Å². The van der Waals surface area contributed by atoms with Crippen LogP contribution in [0.4, 0.5) is 5.69 Å². The molecule has 0 aliphatic carbocycles. The molecular formula is C10H11N5O2S. The van der Waals surface area contributed by atoms with Crippen molar-refractivity contribution >= 4 is 17.4 Å². The molecule has 0 saturated heterocycles. The highest BCUT2D eigenvalue weighted by molar-refractivity contribution is 7.99. The van der Waals surface area contributed by atoms with Crippen LogP contribution in [-0.2, 0) is 7.05 Å². The Morgan fingerprint density at radius 2 is 2.00 bits per heavy atom. The Labute approximate surface area is 107 Å². The number of nitrogen functional groups attached to an aromatic ring is 1. The smallest absolute Gasteiger partial charge is 0.213 e. The Bertz CT molecular complexity index is 586. The van der Waals surface area contributed by atoms with Gasteiger partial charge in [-0.15, -0.1) is 5.10 Å². The van der Waals surface area contributed by atoms with Gasteiger partial charge in [-0.25, -0.2) is 4.68 Å². The average molecular weight is 265 g/mol. The molecule has 94 valence electrons. The Hall–Kier alpha value is -1.96. The molecule has 2 heterocycles. The van der Waals surface area contributed by atoms with Gasteiger partial charge in [-0.3, -0.25) is 0 Å². The molecule has 1 aromatic carbocycles. The fourth-order valence-electron chi connectivity index (χ4n) is 1.58. The van der Waals surface area contributed by atoms with Crippen LogP contribution in [0.2, 0.25) is 0 Å². The van der Waals surface area contributed by atoms with Crippen LogP contribution in [0.3, 0.4) is 0 Å². The highest BCUT2D eigenvalue weighted by Crippen LogP contribution is 2.40. The standard InChI is InChI=1S/C10H11N5O2S/c1-15-10(12-13-14-15)18-9-5-8-7(4-6(9)11)16-2-3-17-8/h4-5H,2-3,11H2,1H3. The predicted molar refractivity (Wildman–Crippen MR) is 64.8 cm³/mol. The molecule has 0 saturated carbocycles. The molecule has 2 aromatic rings. The molecule has 0 amide bonds.